The summed E-state index contributed by atoms with van der Waals surface area (Å²) in [6.07, 6.45) is 12.0. The molecule has 6 rings (SSSR count). The van der Waals surface area contributed by atoms with Crippen molar-refractivity contribution in [3.8, 4) is 0 Å². The summed E-state index contributed by atoms with van der Waals surface area (Å²) < 4.78 is 0. The first-order valence-corrected chi connectivity index (χ1v) is 9.23. The molecule has 0 aliphatic heterocycles. The van der Waals surface area contributed by atoms with E-state index in [0.29, 0.717) is 11.6 Å². The maximum atomic E-state index is 12.7. The molecule has 4 nitrogen and oxygen atoms in total. The van der Waals surface area contributed by atoms with Crippen molar-refractivity contribution in [2.45, 2.75) is 62.9 Å². The molecule has 1 aromatic rings. The molecule has 0 aromatic carbocycles. The van der Waals surface area contributed by atoms with Crippen LogP contribution < -0.4 is 10.6 Å². The number of amides is 1. The predicted octanol–water partition coefficient (Wildman–Crippen LogP) is 3.35. The summed E-state index contributed by atoms with van der Waals surface area (Å²) in [5.41, 5.74) is 0.777. The summed E-state index contributed by atoms with van der Waals surface area (Å²) >= 11 is 0. The van der Waals surface area contributed by atoms with Gasteiger partial charge in [0.15, 0.2) is 0 Å². The largest absolute Gasteiger partial charge is 0.367 e. The quantitative estimate of drug-likeness (QED) is 0.896. The average molecular weight is 311 g/mol. The van der Waals surface area contributed by atoms with Crippen molar-refractivity contribution < 1.29 is 4.79 Å². The average Bonchev–Trinajstić information content (AvgIpc) is 3.30. The minimum absolute atomic E-state index is 0.0671. The highest BCUT2D eigenvalue weighted by molar-refractivity contribution is 5.94. The van der Waals surface area contributed by atoms with Crippen LogP contribution >= 0.6 is 0 Å². The molecule has 23 heavy (non-hydrogen) atoms. The Bertz CT molecular complexity index is 585. The molecule has 1 heterocycles. The molecule has 5 aliphatic rings. The van der Waals surface area contributed by atoms with E-state index < -0.39 is 0 Å². The Labute approximate surface area is 137 Å². The van der Waals surface area contributed by atoms with Gasteiger partial charge in [0.25, 0.3) is 5.91 Å². The molecular weight excluding hydrogens is 286 g/mol. The van der Waals surface area contributed by atoms with E-state index in [1.165, 1.54) is 51.4 Å². The van der Waals surface area contributed by atoms with E-state index in [1.54, 1.807) is 6.20 Å². The third-order valence-electron chi connectivity index (χ3n) is 6.37. The highest BCUT2D eigenvalue weighted by atomic mass is 16.1. The Morgan fingerprint density at radius 3 is 2.22 bits per heavy atom. The molecule has 0 spiro atoms. The lowest BCUT2D eigenvalue weighted by Gasteiger charge is -2.56. The number of nitrogens with one attached hydrogen (secondary N) is 2. The summed E-state index contributed by atoms with van der Waals surface area (Å²) in [5, 5.41) is 6.78. The predicted molar refractivity (Wildman–Crippen MR) is 89.3 cm³/mol. The van der Waals surface area contributed by atoms with Gasteiger partial charge in [-0.25, -0.2) is 4.98 Å². The van der Waals surface area contributed by atoms with Crippen molar-refractivity contribution >= 4 is 11.7 Å². The molecule has 2 N–H and O–H groups in total. The van der Waals surface area contributed by atoms with E-state index >= 15 is 0 Å². The number of pyridine rings is 1. The van der Waals surface area contributed by atoms with E-state index in [2.05, 4.69) is 15.6 Å². The van der Waals surface area contributed by atoms with Gasteiger partial charge in [-0.1, -0.05) is 0 Å². The molecule has 1 aromatic heterocycles. The van der Waals surface area contributed by atoms with Gasteiger partial charge in [-0.2, -0.15) is 0 Å². The Hall–Kier alpha value is -1.58. The third kappa shape index (κ3) is 2.62. The number of carbonyl (C=O) groups is 1. The summed E-state index contributed by atoms with van der Waals surface area (Å²) in [5.74, 6) is 3.51. The zero-order valence-electron chi connectivity index (χ0n) is 13.6. The van der Waals surface area contributed by atoms with Crippen LogP contribution in [0.4, 0.5) is 5.82 Å². The van der Waals surface area contributed by atoms with Crippen molar-refractivity contribution in [2.24, 2.45) is 17.8 Å². The lowest BCUT2D eigenvalue weighted by Crippen LogP contribution is -2.59. The molecule has 4 heteroatoms. The van der Waals surface area contributed by atoms with Gasteiger partial charge < -0.3 is 10.6 Å². The van der Waals surface area contributed by atoms with E-state index in [-0.39, 0.29) is 11.4 Å². The van der Waals surface area contributed by atoms with Gasteiger partial charge >= 0.3 is 0 Å². The van der Waals surface area contributed by atoms with Crippen LogP contribution in [-0.2, 0) is 0 Å². The van der Waals surface area contributed by atoms with Crippen LogP contribution in [0.3, 0.4) is 0 Å². The maximum Gasteiger partial charge on any atom is 0.253 e. The first-order chi connectivity index (χ1) is 11.2. The molecular formula is C19H25N3O. The lowest BCUT2D eigenvalue weighted by molar-refractivity contribution is -0.0167. The highest BCUT2D eigenvalue weighted by Gasteiger charge is 2.51. The first-order valence-electron chi connectivity index (χ1n) is 9.23. The second-order valence-electron chi connectivity index (χ2n) is 8.50. The smallest absolute Gasteiger partial charge is 0.253 e. The summed E-state index contributed by atoms with van der Waals surface area (Å²) in [6, 6.07) is 4.44. The van der Waals surface area contributed by atoms with Gasteiger partial charge in [-0.15, -0.1) is 0 Å². The zero-order valence-corrected chi connectivity index (χ0v) is 13.6. The normalized spacial score (nSPS) is 37.7. The van der Waals surface area contributed by atoms with E-state index in [1.807, 2.05) is 12.1 Å². The number of anilines is 1. The highest BCUT2D eigenvalue weighted by Crippen LogP contribution is 2.55. The lowest BCUT2D eigenvalue weighted by atomic mass is 9.53. The molecule has 0 saturated heterocycles. The van der Waals surface area contributed by atoms with Crippen LogP contribution in [0.1, 0.15) is 61.7 Å². The monoisotopic (exact) mass is 311 g/mol. The van der Waals surface area contributed by atoms with Crippen LogP contribution in [0.15, 0.2) is 18.3 Å². The molecule has 4 bridgehead atoms. The number of hydrogen-bond donors (Lipinski definition) is 2. The van der Waals surface area contributed by atoms with Crippen molar-refractivity contribution in [1.29, 1.82) is 0 Å². The maximum absolute atomic E-state index is 12.7. The number of aromatic nitrogens is 1. The van der Waals surface area contributed by atoms with Gasteiger partial charge in [0, 0.05) is 17.8 Å². The second kappa shape index (κ2) is 4.96. The molecule has 0 unspecified atom stereocenters. The molecule has 5 saturated carbocycles. The fourth-order valence-corrected chi connectivity index (χ4v) is 5.63. The number of hydrogen-bond acceptors (Lipinski definition) is 3. The summed E-state index contributed by atoms with van der Waals surface area (Å²) in [7, 11) is 0. The molecule has 5 fully saturated rings. The minimum Gasteiger partial charge on any atom is -0.367 e. The standard InChI is InChI=1S/C19H25N3O/c23-18(15-1-4-17(20-11-15)21-16-2-3-16)22-19-8-12-5-13(9-19)7-14(6-12)10-19/h1,4,11-14,16H,2-3,5-10H2,(H,20,21)(H,22,23). The van der Waals surface area contributed by atoms with Crippen LogP contribution in [0.2, 0.25) is 0 Å². The fourth-order valence-electron chi connectivity index (χ4n) is 5.63. The SMILES string of the molecule is O=C(NC12CC3CC(CC(C3)C1)C2)c1ccc(NC2CC2)nc1. The topological polar surface area (TPSA) is 54.0 Å². The fraction of sp³-hybridized carbons (Fsp3) is 0.684. The number of nitrogens with zero attached hydrogens (tertiary/aromatic N) is 1. The van der Waals surface area contributed by atoms with Gasteiger partial charge in [0.2, 0.25) is 0 Å². The van der Waals surface area contributed by atoms with E-state index in [9.17, 15) is 4.79 Å². The second-order valence-corrected chi connectivity index (χ2v) is 8.50. The Morgan fingerprint density at radius 2 is 1.70 bits per heavy atom. The Kier molecular flexibility index (Phi) is 2.98. The Balaban J connectivity index is 1.29. The Morgan fingerprint density at radius 1 is 1.04 bits per heavy atom. The van der Waals surface area contributed by atoms with Gasteiger partial charge in [0.1, 0.15) is 5.82 Å². The molecule has 0 atom stereocenters. The minimum atomic E-state index is 0.0671. The molecule has 122 valence electrons. The zero-order chi connectivity index (χ0) is 15.4. The number of rotatable bonds is 4. The molecule has 1 amide bonds. The van der Waals surface area contributed by atoms with Crippen LogP contribution in [-0.4, -0.2) is 22.5 Å². The molecule has 0 radical (unpaired) electrons. The third-order valence-corrected chi connectivity index (χ3v) is 6.37. The van der Waals surface area contributed by atoms with E-state index in [0.717, 1.165) is 23.6 Å². The van der Waals surface area contributed by atoms with Gasteiger partial charge in [-0.3, -0.25) is 4.79 Å². The van der Waals surface area contributed by atoms with E-state index in [4.69, 9.17) is 0 Å². The summed E-state index contributed by atoms with van der Waals surface area (Å²) in [4.78, 5) is 17.1. The summed E-state index contributed by atoms with van der Waals surface area (Å²) in [6.45, 7) is 0. The van der Waals surface area contributed by atoms with Crippen LogP contribution in [0.5, 0.6) is 0 Å². The first kappa shape index (κ1) is 13.8. The van der Waals surface area contributed by atoms with Gasteiger partial charge in [0.05, 0.1) is 5.56 Å². The molecule has 5 aliphatic carbocycles. The van der Waals surface area contributed by atoms with Crippen LogP contribution in [0.25, 0.3) is 0 Å². The van der Waals surface area contributed by atoms with Gasteiger partial charge in [-0.05, 0) is 81.3 Å². The number of carbonyl (C=O) groups excluding carboxylic acids is 1. The van der Waals surface area contributed by atoms with Crippen molar-refractivity contribution in [2.75, 3.05) is 5.32 Å². The van der Waals surface area contributed by atoms with Crippen molar-refractivity contribution in [1.82, 2.24) is 10.3 Å². The van der Waals surface area contributed by atoms with Crippen LogP contribution in [0, 0.1) is 17.8 Å². The van der Waals surface area contributed by atoms with Crippen molar-refractivity contribution in [3.63, 3.8) is 0 Å². The van der Waals surface area contributed by atoms with Crippen molar-refractivity contribution in [3.05, 3.63) is 23.9 Å².